The molecule has 0 aliphatic heterocycles. The summed E-state index contributed by atoms with van der Waals surface area (Å²) in [4.78, 5) is 21.4. The second-order valence-electron chi connectivity index (χ2n) is 3.10. The first-order valence-electron chi connectivity index (χ1n) is 4.62. The van der Waals surface area contributed by atoms with Crippen LogP contribution in [-0.4, -0.2) is 17.0 Å². The largest absolute Gasteiger partial charge is 0.478 e. The summed E-state index contributed by atoms with van der Waals surface area (Å²) in [5.74, 6) is -1.69. The van der Waals surface area contributed by atoms with Crippen LogP contribution in [0.15, 0.2) is 30.4 Å². The lowest BCUT2D eigenvalue weighted by atomic mass is 10.2. The normalized spacial score (nSPS) is 10.5. The maximum absolute atomic E-state index is 11.2. The van der Waals surface area contributed by atoms with Gasteiger partial charge in [0, 0.05) is 18.7 Å². The van der Waals surface area contributed by atoms with Crippen LogP contribution in [0.2, 0.25) is 10.0 Å². The molecule has 1 aromatic carbocycles. The van der Waals surface area contributed by atoms with E-state index in [0.717, 1.165) is 12.2 Å². The highest BCUT2D eigenvalue weighted by atomic mass is 35.5. The van der Waals surface area contributed by atoms with Gasteiger partial charge in [-0.2, -0.15) is 0 Å². The Hall–Kier alpha value is -1.52. The van der Waals surface area contributed by atoms with Gasteiger partial charge in [0.25, 0.3) is 0 Å². The molecule has 0 bridgehead atoms. The van der Waals surface area contributed by atoms with Crippen molar-refractivity contribution in [1.82, 2.24) is 5.32 Å². The van der Waals surface area contributed by atoms with E-state index in [9.17, 15) is 9.59 Å². The van der Waals surface area contributed by atoms with Gasteiger partial charge in [0.05, 0.1) is 10.0 Å². The lowest BCUT2D eigenvalue weighted by Gasteiger charge is -2.05. The maximum Gasteiger partial charge on any atom is 0.328 e. The number of aliphatic carboxylic acids is 1. The van der Waals surface area contributed by atoms with Crippen LogP contribution in [0.1, 0.15) is 5.56 Å². The molecule has 2 N–H and O–H groups in total. The zero-order chi connectivity index (χ0) is 12.8. The number of nitrogens with one attached hydrogen (secondary N) is 1. The lowest BCUT2D eigenvalue weighted by molar-refractivity contribution is -0.131. The average molecular weight is 274 g/mol. The van der Waals surface area contributed by atoms with Gasteiger partial charge in [-0.1, -0.05) is 35.3 Å². The number of rotatable bonds is 4. The Kier molecular flexibility index (Phi) is 5.00. The number of hydrogen-bond acceptors (Lipinski definition) is 2. The van der Waals surface area contributed by atoms with Crippen molar-refractivity contribution in [2.24, 2.45) is 0 Å². The quantitative estimate of drug-likeness (QED) is 0.827. The van der Waals surface area contributed by atoms with E-state index in [0.29, 0.717) is 15.6 Å². The molecule has 0 radical (unpaired) electrons. The first-order chi connectivity index (χ1) is 8.00. The predicted molar refractivity (Wildman–Crippen MR) is 65.1 cm³/mol. The van der Waals surface area contributed by atoms with Crippen molar-refractivity contribution in [3.63, 3.8) is 0 Å². The summed E-state index contributed by atoms with van der Waals surface area (Å²) in [6.07, 6.45) is 1.69. The first-order valence-corrected chi connectivity index (χ1v) is 5.38. The van der Waals surface area contributed by atoms with E-state index in [1.165, 1.54) is 0 Å². The Morgan fingerprint density at radius 2 is 2.00 bits per heavy atom. The molecule has 0 aliphatic rings. The summed E-state index contributed by atoms with van der Waals surface area (Å²) in [7, 11) is 0. The second-order valence-corrected chi connectivity index (χ2v) is 3.89. The van der Waals surface area contributed by atoms with Gasteiger partial charge < -0.3 is 10.4 Å². The highest BCUT2D eigenvalue weighted by Crippen LogP contribution is 2.25. The van der Waals surface area contributed by atoms with Gasteiger partial charge >= 0.3 is 5.97 Å². The number of carbonyl (C=O) groups is 2. The molecule has 0 spiro atoms. The third kappa shape index (κ3) is 4.46. The first kappa shape index (κ1) is 13.5. The van der Waals surface area contributed by atoms with Crippen LogP contribution in [0.4, 0.5) is 0 Å². The highest BCUT2D eigenvalue weighted by molar-refractivity contribution is 6.42. The number of carboxylic acids is 1. The number of carbonyl (C=O) groups excluding carboxylic acids is 1. The van der Waals surface area contributed by atoms with E-state index >= 15 is 0 Å². The molecule has 0 aromatic heterocycles. The van der Waals surface area contributed by atoms with Crippen LogP contribution in [-0.2, 0) is 16.1 Å². The SMILES string of the molecule is O=C(O)/C=C/C(=O)NCc1cccc(Cl)c1Cl. The summed E-state index contributed by atoms with van der Waals surface area (Å²) in [5, 5.41) is 11.6. The van der Waals surface area contributed by atoms with Gasteiger partial charge in [0.15, 0.2) is 0 Å². The molecule has 0 atom stereocenters. The molecule has 4 nitrogen and oxygen atoms in total. The van der Waals surface area contributed by atoms with E-state index < -0.39 is 11.9 Å². The topological polar surface area (TPSA) is 66.4 Å². The summed E-state index contributed by atoms with van der Waals surface area (Å²) >= 11 is 11.7. The van der Waals surface area contributed by atoms with Crippen LogP contribution in [0.25, 0.3) is 0 Å². The van der Waals surface area contributed by atoms with Crippen molar-refractivity contribution >= 4 is 35.1 Å². The minimum Gasteiger partial charge on any atom is -0.478 e. The van der Waals surface area contributed by atoms with Crippen molar-refractivity contribution < 1.29 is 14.7 Å². The van der Waals surface area contributed by atoms with Gasteiger partial charge in [0.2, 0.25) is 5.91 Å². The van der Waals surface area contributed by atoms with Gasteiger partial charge in [0.1, 0.15) is 0 Å². The van der Waals surface area contributed by atoms with Crippen LogP contribution in [0.5, 0.6) is 0 Å². The van der Waals surface area contributed by atoms with Gasteiger partial charge in [-0.05, 0) is 11.6 Å². The monoisotopic (exact) mass is 273 g/mol. The van der Waals surface area contributed by atoms with Gasteiger partial charge in [-0.3, -0.25) is 4.79 Å². The van der Waals surface area contributed by atoms with Crippen molar-refractivity contribution in [1.29, 1.82) is 0 Å². The lowest BCUT2D eigenvalue weighted by Crippen LogP contribution is -2.20. The van der Waals surface area contributed by atoms with Crippen LogP contribution in [0.3, 0.4) is 0 Å². The molecule has 0 aliphatic carbocycles. The number of hydrogen-bond donors (Lipinski definition) is 2. The van der Waals surface area contributed by atoms with Crippen molar-refractivity contribution in [2.75, 3.05) is 0 Å². The Bertz CT molecular complexity index is 472. The van der Waals surface area contributed by atoms with Crippen molar-refractivity contribution in [2.45, 2.75) is 6.54 Å². The molecule has 1 aromatic rings. The zero-order valence-electron chi connectivity index (χ0n) is 8.61. The predicted octanol–water partition coefficient (Wildman–Crippen LogP) is 2.25. The standard InChI is InChI=1S/C11H9Cl2NO3/c12-8-3-1-2-7(11(8)13)6-14-9(15)4-5-10(16)17/h1-5H,6H2,(H,14,15)(H,16,17)/b5-4+. The van der Waals surface area contributed by atoms with Gasteiger partial charge in [-0.25, -0.2) is 4.79 Å². The fourth-order valence-electron chi connectivity index (χ4n) is 1.07. The Morgan fingerprint density at radius 1 is 1.29 bits per heavy atom. The van der Waals surface area contributed by atoms with Crippen LogP contribution < -0.4 is 5.32 Å². The molecule has 17 heavy (non-hydrogen) atoms. The van der Waals surface area contributed by atoms with Crippen molar-refractivity contribution in [3.05, 3.63) is 46.0 Å². The smallest absolute Gasteiger partial charge is 0.328 e. The molecule has 0 heterocycles. The van der Waals surface area contributed by atoms with Crippen LogP contribution >= 0.6 is 23.2 Å². The molecule has 0 fully saturated rings. The molecular formula is C11H9Cl2NO3. The van der Waals surface area contributed by atoms with Gasteiger partial charge in [-0.15, -0.1) is 0 Å². The summed E-state index contributed by atoms with van der Waals surface area (Å²) < 4.78 is 0. The molecule has 0 saturated heterocycles. The second kappa shape index (κ2) is 6.27. The summed E-state index contributed by atoms with van der Waals surface area (Å²) in [6, 6.07) is 5.07. The summed E-state index contributed by atoms with van der Waals surface area (Å²) in [6.45, 7) is 0.183. The minimum atomic E-state index is -1.18. The molecule has 1 amide bonds. The summed E-state index contributed by atoms with van der Waals surface area (Å²) in [5.41, 5.74) is 0.663. The molecule has 0 unspecified atom stereocenters. The molecule has 1 rings (SSSR count). The molecule has 90 valence electrons. The number of halogens is 2. The van der Waals surface area contributed by atoms with Crippen molar-refractivity contribution in [3.8, 4) is 0 Å². The average Bonchev–Trinajstić information content (AvgIpc) is 2.28. The zero-order valence-corrected chi connectivity index (χ0v) is 10.1. The number of benzene rings is 1. The van der Waals surface area contributed by atoms with E-state index in [2.05, 4.69) is 5.32 Å². The Balaban J connectivity index is 2.59. The van der Waals surface area contributed by atoms with E-state index in [1.807, 2.05) is 0 Å². The number of amides is 1. The third-order valence-corrected chi connectivity index (χ3v) is 2.72. The van der Waals surface area contributed by atoms with E-state index in [4.69, 9.17) is 28.3 Å². The number of carboxylic acid groups (broad SMARTS) is 1. The third-order valence-electron chi connectivity index (χ3n) is 1.86. The Morgan fingerprint density at radius 3 is 2.65 bits per heavy atom. The van der Waals surface area contributed by atoms with E-state index in [-0.39, 0.29) is 6.54 Å². The Labute approximate surface area is 108 Å². The molecule has 0 saturated carbocycles. The maximum atomic E-state index is 11.2. The highest BCUT2D eigenvalue weighted by Gasteiger charge is 2.05. The van der Waals surface area contributed by atoms with Crippen LogP contribution in [0, 0.1) is 0 Å². The fraction of sp³-hybridized carbons (Fsp3) is 0.0909. The minimum absolute atomic E-state index is 0.183. The van der Waals surface area contributed by atoms with E-state index in [1.54, 1.807) is 18.2 Å². The fourth-order valence-corrected chi connectivity index (χ4v) is 1.46. The molecular weight excluding hydrogens is 265 g/mol. The molecule has 6 heteroatoms.